The number of rotatable bonds is 4. The molecule has 3 aromatic carbocycles. The molecular weight excluding hydrogens is 386 g/mol. The number of aliphatic hydroxyl groups excluding tert-OH is 1. The van der Waals surface area contributed by atoms with E-state index in [1.54, 1.807) is 0 Å². The smallest absolute Gasteiger partial charge is 0.253 e. The molecule has 31 heavy (non-hydrogen) atoms. The highest BCUT2D eigenvalue weighted by molar-refractivity contribution is 6.03. The second kappa shape index (κ2) is 8.28. The highest BCUT2D eigenvalue weighted by atomic mass is 16.3. The molecule has 0 aromatic heterocycles. The summed E-state index contributed by atoms with van der Waals surface area (Å²) in [5.41, 5.74) is 6.07. The molecule has 5 rings (SSSR count). The van der Waals surface area contributed by atoms with Crippen molar-refractivity contribution in [3.8, 4) is 0 Å². The van der Waals surface area contributed by atoms with E-state index < -0.39 is 6.23 Å². The summed E-state index contributed by atoms with van der Waals surface area (Å²) in [4.78, 5) is 14.6. The normalized spacial score (nSPS) is 19.0. The quantitative estimate of drug-likeness (QED) is 0.585. The van der Waals surface area contributed by atoms with Gasteiger partial charge in [-0.25, -0.2) is 0 Å². The predicted molar refractivity (Wildman–Crippen MR) is 125 cm³/mol. The van der Waals surface area contributed by atoms with Crippen molar-refractivity contribution in [2.45, 2.75) is 19.1 Å². The predicted octanol–water partition coefficient (Wildman–Crippen LogP) is 4.65. The van der Waals surface area contributed by atoms with E-state index in [1.807, 2.05) is 83.8 Å². The monoisotopic (exact) mass is 411 g/mol. The number of fused-ring (bicyclic) bond motifs is 1. The number of benzene rings is 3. The van der Waals surface area contributed by atoms with E-state index in [0.29, 0.717) is 5.56 Å². The number of hydrogen-bond donors (Lipinski definition) is 3. The number of carbonyl (C=O) groups excluding carboxylic acids is 1. The van der Waals surface area contributed by atoms with Crippen LogP contribution < -0.4 is 10.6 Å². The maximum atomic E-state index is 12.6. The number of anilines is 2. The second-order valence-electron chi connectivity index (χ2n) is 7.95. The molecule has 1 fully saturated rings. The van der Waals surface area contributed by atoms with Gasteiger partial charge in [0.25, 0.3) is 5.91 Å². The standard InChI is InChI=1S/C26H25N3O2/c30-25-23(21-10-4-5-11-22(21)28-25)24(18-8-2-1-3-9-18)27-20-14-12-19(13-15-20)26(31)29-16-6-7-17-29/h1-5,8-15,25,27-28,30H,6-7,16-17H2/b24-23-. The molecule has 0 bridgehead atoms. The third-order valence-corrected chi connectivity index (χ3v) is 5.91. The van der Waals surface area contributed by atoms with E-state index in [-0.39, 0.29) is 5.91 Å². The fourth-order valence-electron chi connectivity index (χ4n) is 4.33. The Hall–Kier alpha value is -3.57. The van der Waals surface area contributed by atoms with Crippen molar-refractivity contribution in [1.82, 2.24) is 4.90 Å². The Morgan fingerprint density at radius 2 is 1.55 bits per heavy atom. The van der Waals surface area contributed by atoms with Crippen molar-refractivity contribution in [1.29, 1.82) is 0 Å². The number of aliphatic hydroxyl groups is 1. The second-order valence-corrected chi connectivity index (χ2v) is 7.95. The molecule has 3 aromatic rings. The summed E-state index contributed by atoms with van der Waals surface area (Å²) in [6, 6.07) is 25.5. The molecule has 1 amide bonds. The SMILES string of the molecule is O=C(c1ccc(N/C(=C2/c3ccccc3NC2O)c2ccccc2)cc1)N1CCCC1. The molecule has 1 unspecified atom stereocenters. The van der Waals surface area contributed by atoms with Crippen LogP contribution in [-0.2, 0) is 0 Å². The number of para-hydroxylation sites is 1. The zero-order chi connectivity index (χ0) is 21.2. The van der Waals surface area contributed by atoms with Crippen LogP contribution in [0.5, 0.6) is 0 Å². The molecule has 156 valence electrons. The van der Waals surface area contributed by atoms with E-state index in [9.17, 15) is 9.90 Å². The van der Waals surface area contributed by atoms with Crippen LogP contribution >= 0.6 is 0 Å². The Bertz CT molecular complexity index is 1120. The number of nitrogens with one attached hydrogen (secondary N) is 2. The molecule has 0 spiro atoms. The van der Waals surface area contributed by atoms with Crippen molar-refractivity contribution in [3.63, 3.8) is 0 Å². The third-order valence-electron chi connectivity index (χ3n) is 5.91. The van der Waals surface area contributed by atoms with Crippen molar-refractivity contribution < 1.29 is 9.90 Å². The topological polar surface area (TPSA) is 64.6 Å². The molecule has 2 heterocycles. The average Bonchev–Trinajstić information content (AvgIpc) is 3.46. The van der Waals surface area contributed by atoms with Crippen LogP contribution in [0.4, 0.5) is 11.4 Å². The van der Waals surface area contributed by atoms with E-state index in [2.05, 4.69) is 10.6 Å². The van der Waals surface area contributed by atoms with Gasteiger partial charge >= 0.3 is 0 Å². The van der Waals surface area contributed by atoms with Crippen LogP contribution in [0.1, 0.15) is 34.3 Å². The van der Waals surface area contributed by atoms with Crippen LogP contribution in [0.3, 0.4) is 0 Å². The number of likely N-dealkylation sites (tertiary alicyclic amines) is 1. The highest BCUT2D eigenvalue weighted by Gasteiger charge is 2.28. The first-order valence-corrected chi connectivity index (χ1v) is 10.7. The molecular formula is C26H25N3O2. The lowest BCUT2D eigenvalue weighted by Crippen LogP contribution is -2.27. The summed E-state index contributed by atoms with van der Waals surface area (Å²) in [6.07, 6.45) is 1.35. The summed E-state index contributed by atoms with van der Waals surface area (Å²) < 4.78 is 0. The van der Waals surface area contributed by atoms with E-state index >= 15 is 0 Å². The minimum Gasteiger partial charge on any atom is -0.369 e. The number of nitrogens with zero attached hydrogens (tertiary/aromatic N) is 1. The average molecular weight is 412 g/mol. The van der Waals surface area contributed by atoms with Crippen LogP contribution in [0, 0.1) is 0 Å². The highest BCUT2D eigenvalue weighted by Crippen LogP contribution is 2.39. The van der Waals surface area contributed by atoms with Crippen molar-refractivity contribution in [2.75, 3.05) is 23.7 Å². The molecule has 3 N–H and O–H groups in total. The molecule has 2 aliphatic rings. The maximum absolute atomic E-state index is 12.6. The van der Waals surface area contributed by atoms with Gasteiger partial charge in [0.15, 0.2) is 6.23 Å². The lowest BCUT2D eigenvalue weighted by atomic mass is 9.99. The van der Waals surface area contributed by atoms with Crippen LogP contribution in [0.25, 0.3) is 11.3 Å². The molecule has 0 radical (unpaired) electrons. The summed E-state index contributed by atoms with van der Waals surface area (Å²) in [6.45, 7) is 1.68. The van der Waals surface area contributed by atoms with Crippen LogP contribution in [-0.4, -0.2) is 35.2 Å². The van der Waals surface area contributed by atoms with Gasteiger partial charge in [-0.2, -0.15) is 0 Å². The zero-order valence-electron chi connectivity index (χ0n) is 17.2. The molecule has 1 atom stereocenters. The Morgan fingerprint density at radius 1 is 0.871 bits per heavy atom. The minimum atomic E-state index is -0.809. The van der Waals surface area contributed by atoms with Crippen LogP contribution in [0.15, 0.2) is 78.9 Å². The Balaban J connectivity index is 1.50. The van der Waals surface area contributed by atoms with Crippen LogP contribution in [0.2, 0.25) is 0 Å². The van der Waals surface area contributed by atoms with Gasteiger partial charge in [0.2, 0.25) is 0 Å². The van der Waals surface area contributed by atoms with Gasteiger partial charge < -0.3 is 20.6 Å². The molecule has 5 nitrogen and oxygen atoms in total. The van der Waals surface area contributed by atoms with E-state index in [0.717, 1.165) is 59.7 Å². The molecule has 0 saturated carbocycles. The number of amides is 1. The number of hydrogen-bond acceptors (Lipinski definition) is 4. The van der Waals surface area contributed by atoms with Gasteiger partial charge in [-0.15, -0.1) is 0 Å². The molecule has 0 aliphatic carbocycles. The van der Waals surface area contributed by atoms with Gasteiger partial charge in [-0.05, 0) is 48.7 Å². The maximum Gasteiger partial charge on any atom is 0.253 e. The Kier molecular flexibility index (Phi) is 5.18. The van der Waals surface area contributed by atoms with Gasteiger partial charge in [0.1, 0.15) is 0 Å². The van der Waals surface area contributed by atoms with E-state index in [4.69, 9.17) is 0 Å². The van der Waals surface area contributed by atoms with E-state index in [1.165, 1.54) is 0 Å². The van der Waals surface area contributed by atoms with Gasteiger partial charge in [0.05, 0.1) is 5.70 Å². The largest absolute Gasteiger partial charge is 0.369 e. The lowest BCUT2D eigenvalue weighted by Gasteiger charge is -2.18. The molecule has 1 saturated heterocycles. The first kappa shape index (κ1) is 19.4. The third kappa shape index (κ3) is 3.80. The van der Waals surface area contributed by atoms with Crippen molar-refractivity contribution in [3.05, 3.63) is 95.6 Å². The fourth-order valence-corrected chi connectivity index (χ4v) is 4.33. The van der Waals surface area contributed by atoms with Gasteiger partial charge in [-0.3, -0.25) is 4.79 Å². The Labute approximate surface area is 182 Å². The summed E-state index contributed by atoms with van der Waals surface area (Å²) in [7, 11) is 0. The Morgan fingerprint density at radius 3 is 2.29 bits per heavy atom. The first-order valence-electron chi connectivity index (χ1n) is 10.7. The minimum absolute atomic E-state index is 0.0926. The molecule has 5 heteroatoms. The zero-order valence-corrected chi connectivity index (χ0v) is 17.2. The fraction of sp³-hybridized carbons (Fsp3) is 0.192. The van der Waals surface area contributed by atoms with Gasteiger partial charge in [-0.1, -0.05) is 48.5 Å². The first-order chi connectivity index (χ1) is 15.2. The summed E-state index contributed by atoms with van der Waals surface area (Å²) in [5, 5.41) is 17.4. The molecule has 2 aliphatic heterocycles. The summed E-state index contributed by atoms with van der Waals surface area (Å²) in [5.74, 6) is 0.0926. The van der Waals surface area contributed by atoms with Gasteiger partial charge in [0, 0.05) is 41.2 Å². The van der Waals surface area contributed by atoms with Crippen molar-refractivity contribution >= 4 is 28.6 Å². The number of carbonyl (C=O) groups is 1. The summed E-state index contributed by atoms with van der Waals surface area (Å²) >= 11 is 0. The van der Waals surface area contributed by atoms with Crippen molar-refractivity contribution in [2.24, 2.45) is 0 Å². The lowest BCUT2D eigenvalue weighted by molar-refractivity contribution is 0.0793.